The van der Waals surface area contributed by atoms with Crippen molar-refractivity contribution in [3.8, 4) is 0 Å². The summed E-state index contributed by atoms with van der Waals surface area (Å²) in [6.45, 7) is 9.90. The molecule has 7 heteroatoms. The van der Waals surface area contributed by atoms with Crippen molar-refractivity contribution in [2.45, 2.75) is 39.2 Å². The number of carbonyl (C=O) groups is 1. The van der Waals surface area contributed by atoms with Gasteiger partial charge in [-0.2, -0.15) is 0 Å². The molecule has 1 rings (SSSR count). The smallest absolute Gasteiger partial charge is 0.305 e. The van der Waals surface area contributed by atoms with Crippen LogP contribution in [0.1, 0.15) is 33.1 Å². The van der Waals surface area contributed by atoms with Gasteiger partial charge in [-0.3, -0.25) is 14.7 Å². The predicted octanol–water partition coefficient (Wildman–Crippen LogP) is 0.852. The van der Waals surface area contributed by atoms with Crippen molar-refractivity contribution in [3.63, 3.8) is 0 Å². The van der Waals surface area contributed by atoms with Crippen LogP contribution in [-0.4, -0.2) is 76.4 Å². The molecule has 1 aliphatic heterocycles. The average molecular weight is 342 g/mol. The fourth-order valence-corrected chi connectivity index (χ4v) is 2.72. The summed E-state index contributed by atoms with van der Waals surface area (Å²) in [5.74, 6) is 1.30. The second-order valence-corrected chi connectivity index (χ2v) is 6.56. The Morgan fingerprint density at radius 2 is 2.17 bits per heavy atom. The van der Waals surface area contributed by atoms with Gasteiger partial charge in [-0.15, -0.1) is 0 Å². The van der Waals surface area contributed by atoms with Crippen LogP contribution in [0.3, 0.4) is 0 Å². The van der Waals surface area contributed by atoms with Crippen molar-refractivity contribution in [1.29, 1.82) is 0 Å². The van der Waals surface area contributed by atoms with Gasteiger partial charge in [0.05, 0.1) is 19.8 Å². The minimum atomic E-state index is -0.155. The number of hydrogen-bond acceptors (Lipinski definition) is 5. The highest BCUT2D eigenvalue weighted by Gasteiger charge is 2.20. The number of morpholine rings is 1. The van der Waals surface area contributed by atoms with Crippen molar-refractivity contribution < 1.29 is 14.3 Å². The van der Waals surface area contributed by atoms with Crippen LogP contribution in [0.2, 0.25) is 0 Å². The Kier molecular flexibility index (Phi) is 10.4. The lowest BCUT2D eigenvalue weighted by molar-refractivity contribution is -0.140. The van der Waals surface area contributed by atoms with E-state index in [-0.39, 0.29) is 12.1 Å². The first-order valence-corrected chi connectivity index (χ1v) is 8.90. The lowest BCUT2D eigenvalue weighted by atomic mass is 10.2. The maximum Gasteiger partial charge on any atom is 0.305 e. The second-order valence-electron chi connectivity index (χ2n) is 6.56. The van der Waals surface area contributed by atoms with Crippen LogP contribution >= 0.6 is 0 Å². The Morgan fingerprint density at radius 3 is 2.83 bits per heavy atom. The van der Waals surface area contributed by atoms with Crippen LogP contribution < -0.4 is 10.6 Å². The first-order valence-electron chi connectivity index (χ1n) is 8.90. The van der Waals surface area contributed by atoms with Gasteiger partial charge in [0.25, 0.3) is 0 Å². The number of nitrogens with one attached hydrogen (secondary N) is 2. The number of unbranched alkanes of at least 4 members (excludes halogenated alkanes) is 1. The molecule has 0 spiro atoms. The SMILES string of the molecule is CN=C(NCCCCC(=O)OC)NCC1CN(CC(C)C)CCO1. The van der Waals surface area contributed by atoms with Crippen LogP contribution in [0.15, 0.2) is 4.99 Å². The van der Waals surface area contributed by atoms with E-state index in [0.29, 0.717) is 12.3 Å². The molecule has 0 aromatic rings. The molecule has 0 bridgehead atoms. The molecule has 140 valence electrons. The third-order valence-electron chi connectivity index (χ3n) is 3.89. The second kappa shape index (κ2) is 12.1. The van der Waals surface area contributed by atoms with Crippen LogP contribution in [0, 0.1) is 5.92 Å². The Morgan fingerprint density at radius 1 is 1.38 bits per heavy atom. The van der Waals surface area contributed by atoms with E-state index < -0.39 is 0 Å². The van der Waals surface area contributed by atoms with Gasteiger partial charge in [0, 0.05) is 46.2 Å². The van der Waals surface area contributed by atoms with E-state index in [1.54, 1.807) is 7.05 Å². The number of rotatable bonds is 9. The zero-order chi connectivity index (χ0) is 17.8. The lowest BCUT2D eigenvalue weighted by Gasteiger charge is -2.34. The molecule has 1 fully saturated rings. The summed E-state index contributed by atoms with van der Waals surface area (Å²) >= 11 is 0. The summed E-state index contributed by atoms with van der Waals surface area (Å²) < 4.78 is 10.5. The molecule has 0 aromatic heterocycles. The quantitative estimate of drug-likeness (QED) is 0.280. The van der Waals surface area contributed by atoms with Gasteiger partial charge in [0.2, 0.25) is 0 Å². The molecule has 1 heterocycles. The van der Waals surface area contributed by atoms with E-state index in [1.165, 1.54) is 7.11 Å². The largest absolute Gasteiger partial charge is 0.469 e. The number of nitrogens with zero attached hydrogens (tertiary/aromatic N) is 2. The van der Waals surface area contributed by atoms with Crippen molar-refractivity contribution in [3.05, 3.63) is 0 Å². The third-order valence-corrected chi connectivity index (χ3v) is 3.89. The van der Waals surface area contributed by atoms with E-state index >= 15 is 0 Å². The highest BCUT2D eigenvalue weighted by atomic mass is 16.5. The topological polar surface area (TPSA) is 75.2 Å². The maximum atomic E-state index is 11.0. The molecular weight excluding hydrogens is 308 g/mol. The van der Waals surface area contributed by atoms with Gasteiger partial charge in [-0.05, 0) is 18.8 Å². The summed E-state index contributed by atoms with van der Waals surface area (Å²) in [6, 6.07) is 0. The third kappa shape index (κ3) is 9.08. The molecule has 0 radical (unpaired) electrons. The van der Waals surface area contributed by atoms with Gasteiger partial charge < -0.3 is 20.1 Å². The van der Waals surface area contributed by atoms with Gasteiger partial charge in [0.15, 0.2) is 5.96 Å². The van der Waals surface area contributed by atoms with Crippen LogP contribution in [0.5, 0.6) is 0 Å². The zero-order valence-electron chi connectivity index (χ0n) is 15.6. The Hall–Kier alpha value is -1.34. The fraction of sp³-hybridized carbons (Fsp3) is 0.882. The first-order chi connectivity index (χ1) is 11.5. The van der Waals surface area contributed by atoms with E-state index in [2.05, 4.69) is 39.1 Å². The zero-order valence-corrected chi connectivity index (χ0v) is 15.6. The minimum absolute atomic E-state index is 0.155. The molecule has 7 nitrogen and oxygen atoms in total. The number of guanidine groups is 1. The van der Waals surface area contributed by atoms with Gasteiger partial charge in [-0.25, -0.2) is 0 Å². The maximum absolute atomic E-state index is 11.0. The van der Waals surface area contributed by atoms with E-state index in [1.807, 2.05) is 0 Å². The van der Waals surface area contributed by atoms with E-state index in [9.17, 15) is 4.79 Å². The minimum Gasteiger partial charge on any atom is -0.469 e. The molecule has 24 heavy (non-hydrogen) atoms. The number of aliphatic imine (C=N–C) groups is 1. The van der Waals surface area contributed by atoms with Crippen LogP contribution in [0.4, 0.5) is 0 Å². The molecule has 0 saturated carbocycles. The average Bonchev–Trinajstić information content (AvgIpc) is 2.56. The van der Waals surface area contributed by atoms with Crippen molar-refractivity contribution >= 4 is 11.9 Å². The van der Waals surface area contributed by atoms with Crippen LogP contribution in [0.25, 0.3) is 0 Å². The Bertz CT molecular complexity index is 388. The summed E-state index contributed by atoms with van der Waals surface area (Å²) in [7, 11) is 3.18. The van der Waals surface area contributed by atoms with Gasteiger partial charge >= 0.3 is 5.97 Å². The molecule has 2 N–H and O–H groups in total. The number of hydrogen-bond donors (Lipinski definition) is 2. The number of carbonyl (C=O) groups excluding carboxylic acids is 1. The Balaban J connectivity index is 2.18. The summed E-state index contributed by atoms with van der Waals surface area (Å²) in [5.41, 5.74) is 0. The first kappa shape index (κ1) is 20.7. The molecule has 1 atom stereocenters. The molecule has 0 amide bonds. The van der Waals surface area contributed by atoms with Gasteiger partial charge in [-0.1, -0.05) is 13.8 Å². The van der Waals surface area contributed by atoms with Crippen molar-refractivity contribution in [1.82, 2.24) is 15.5 Å². The lowest BCUT2D eigenvalue weighted by Crippen LogP contribution is -2.50. The van der Waals surface area contributed by atoms with Gasteiger partial charge in [0.1, 0.15) is 0 Å². The molecule has 1 saturated heterocycles. The normalized spacial score (nSPS) is 19.4. The molecular formula is C17H34N4O3. The highest BCUT2D eigenvalue weighted by Crippen LogP contribution is 2.07. The summed E-state index contributed by atoms with van der Waals surface area (Å²) in [5, 5.41) is 6.58. The Labute approximate surface area is 146 Å². The molecule has 1 unspecified atom stereocenters. The molecule has 0 aromatic carbocycles. The van der Waals surface area contributed by atoms with Crippen LogP contribution in [-0.2, 0) is 14.3 Å². The standard InChI is InChI=1S/C17H34N4O3/c1-14(2)12-21-9-10-24-15(13-21)11-20-17(18-3)19-8-6-5-7-16(22)23-4/h14-15H,5-13H2,1-4H3,(H2,18,19,20). The van der Waals surface area contributed by atoms with E-state index in [0.717, 1.165) is 58.1 Å². The van der Waals surface area contributed by atoms with E-state index in [4.69, 9.17) is 4.74 Å². The molecule has 1 aliphatic rings. The monoisotopic (exact) mass is 342 g/mol. The number of methoxy groups -OCH3 is 1. The highest BCUT2D eigenvalue weighted by molar-refractivity contribution is 5.79. The van der Waals surface area contributed by atoms with Crippen molar-refractivity contribution in [2.24, 2.45) is 10.9 Å². The molecule has 0 aliphatic carbocycles. The predicted molar refractivity (Wildman–Crippen MR) is 96.2 cm³/mol. The summed E-state index contributed by atoms with van der Waals surface area (Å²) in [6.07, 6.45) is 2.37. The number of ether oxygens (including phenoxy) is 2. The summed E-state index contributed by atoms with van der Waals surface area (Å²) in [4.78, 5) is 17.7. The number of esters is 1. The van der Waals surface area contributed by atoms with Crippen molar-refractivity contribution in [2.75, 3.05) is 53.5 Å². The fourth-order valence-electron chi connectivity index (χ4n) is 2.72.